The van der Waals surface area contributed by atoms with Gasteiger partial charge in [0, 0.05) is 13.0 Å². The summed E-state index contributed by atoms with van der Waals surface area (Å²) < 4.78 is 39.1. The van der Waals surface area contributed by atoms with Crippen molar-refractivity contribution in [3.05, 3.63) is 0 Å². The predicted octanol–water partition coefficient (Wildman–Crippen LogP) is 1.21. The van der Waals surface area contributed by atoms with E-state index in [1.165, 1.54) is 13.8 Å². The topological polar surface area (TPSA) is 49.4 Å². The maximum absolute atomic E-state index is 13.0. The summed E-state index contributed by atoms with van der Waals surface area (Å²) in [5.41, 5.74) is -3.33. The summed E-state index contributed by atoms with van der Waals surface area (Å²) in [6.45, 7) is 2.68. The minimum Gasteiger partial charge on any atom is -0.342 e. The molecule has 102 valence electrons. The number of amides is 2. The summed E-state index contributed by atoms with van der Waals surface area (Å²) in [5.74, 6) is -1.06. The van der Waals surface area contributed by atoms with Crippen LogP contribution in [0, 0.1) is 0 Å². The normalized spacial score (nSPS) is 26.6. The Kier molecular flexibility index (Phi) is 2.64. The summed E-state index contributed by atoms with van der Waals surface area (Å²) in [6.07, 6.45) is -4.68. The van der Waals surface area contributed by atoms with Crippen molar-refractivity contribution in [2.45, 2.75) is 50.4 Å². The lowest BCUT2D eigenvalue weighted by molar-refractivity contribution is -0.201. The van der Waals surface area contributed by atoms with Crippen molar-refractivity contribution in [3.8, 4) is 0 Å². The van der Waals surface area contributed by atoms with Crippen LogP contribution in [-0.2, 0) is 9.59 Å². The molecular formula is C11H15F3N2O2. The molecular weight excluding hydrogens is 249 g/mol. The lowest BCUT2D eigenvalue weighted by Crippen LogP contribution is -2.59. The van der Waals surface area contributed by atoms with Gasteiger partial charge in [-0.1, -0.05) is 0 Å². The van der Waals surface area contributed by atoms with Gasteiger partial charge in [0.25, 0.3) is 0 Å². The zero-order valence-corrected chi connectivity index (χ0v) is 10.2. The van der Waals surface area contributed by atoms with Crippen molar-refractivity contribution in [1.82, 2.24) is 10.2 Å². The van der Waals surface area contributed by atoms with Crippen LogP contribution in [0.25, 0.3) is 0 Å². The summed E-state index contributed by atoms with van der Waals surface area (Å²) in [7, 11) is 0. The Balaban J connectivity index is 2.33. The predicted molar refractivity (Wildman–Crippen MR) is 56.6 cm³/mol. The number of nitrogens with one attached hydrogen (secondary N) is 1. The SMILES string of the molecule is CC1(C)NC(=O)CCN(C2(C(F)(F)F)CC2)C1=O. The minimum absolute atomic E-state index is 0.0769. The van der Waals surface area contributed by atoms with Crippen molar-refractivity contribution < 1.29 is 22.8 Å². The maximum atomic E-state index is 13.0. The molecule has 18 heavy (non-hydrogen) atoms. The fourth-order valence-corrected chi connectivity index (χ4v) is 2.35. The molecule has 0 bridgehead atoms. The third-order valence-corrected chi connectivity index (χ3v) is 3.56. The highest BCUT2D eigenvalue weighted by atomic mass is 19.4. The molecule has 0 aromatic carbocycles. The largest absolute Gasteiger partial charge is 0.411 e. The van der Waals surface area contributed by atoms with Gasteiger partial charge in [-0.05, 0) is 26.7 Å². The van der Waals surface area contributed by atoms with Crippen LogP contribution < -0.4 is 5.32 Å². The molecule has 1 saturated heterocycles. The molecule has 1 N–H and O–H groups in total. The molecule has 1 heterocycles. The van der Waals surface area contributed by atoms with Gasteiger partial charge in [-0.2, -0.15) is 13.2 Å². The standard InChI is InChI=1S/C11H15F3N2O2/c1-9(2)8(18)16(6-3-7(17)15-9)10(4-5-10)11(12,13)14/h3-6H2,1-2H3,(H,15,17). The zero-order valence-electron chi connectivity index (χ0n) is 10.2. The van der Waals surface area contributed by atoms with Gasteiger partial charge in [-0.15, -0.1) is 0 Å². The average Bonchev–Trinajstić information content (AvgIpc) is 2.96. The number of hydrogen-bond acceptors (Lipinski definition) is 2. The fraction of sp³-hybridized carbons (Fsp3) is 0.818. The van der Waals surface area contributed by atoms with Gasteiger partial charge in [0.2, 0.25) is 11.8 Å². The number of carbonyl (C=O) groups is 2. The Labute approximate surface area is 103 Å². The van der Waals surface area contributed by atoms with E-state index in [1.807, 2.05) is 0 Å². The Bertz CT molecular complexity index is 400. The Morgan fingerprint density at radius 3 is 2.22 bits per heavy atom. The number of rotatable bonds is 1. The monoisotopic (exact) mass is 264 g/mol. The van der Waals surface area contributed by atoms with Crippen LogP contribution in [0.1, 0.15) is 33.1 Å². The van der Waals surface area contributed by atoms with Gasteiger partial charge in [-0.25, -0.2) is 0 Å². The van der Waals surface area contributed by atoms with Crippen LogP contribution in [0.2, 0.25) is 0 Å². The highest BCUT2D eigenvalue weighted by Crippen LogP contribution is 2.54. The highest BCUT2D eigenvalue weighted by molar-refractivity contribution is 5.93. The van der Waals surface area contributed by atoms with Crippen LogP contribution in [0.3, 0.4) is 0 Å². The summed E-state index contributed by atoms with van der Waals surface area (Å²) in [6, 6.07) is 0. The van der Waals surface area contributed by atoms with Gasteiger partial charge in [0.15, 0.2) is 0 Å². The van der Waals surface area contributed by atoms with Crippen LogP contribution in [0.15, 0.2) is 0 Å². The molecule has 4 nitrogen and oxygen atoms in total. The summed E-state index contributed by atoms with van der Waals surface area (Å²) in [4.78, 5) is 24.4. The molecule has 0 unspecified atom stereocenters. The molecule has 2 rings (SSSR count). The second-order valence-corrected chi connectivity index (χ2v) is 5.41. The van der Waals surface area contributed by atoms with Gasteiger partial charge in [-0.3, -0.25) is 9.59 Å². The smallest absolute Gasteiger partial charge is 0.342 e. The average molecular weight is 264 g/mol. The van der Waals surface area contributed by atoms with E-state index in [0.717, 1.165) is 4.90 Å². The van der Waals surface area contributed by atoms with Gasteiger partial charge >= 0.3 is 6.18 Å². The van der Waals surface area contributed by atoms with E-state index < -0.39 is 29.1 Å². The van der Waals surface area contributed by atoms with E-state index in [4.69, 9.17) is 0 Å². The molecule has 0 spiro atoms. The molecule has 0 aromatic heterocycles. The summed E-state index contributed by atoms with van der Waals surface area (Å²) in [5, 5.41) is 2.45. The van der Waals surface area contributed by atoms with Gasteiger partial charge < -0.3 is 10.2 Å². The molecule has 1 aliphatic carbocycles. The third-order valence-electron chi connectivity index (χ3n) is 3.56. The number of halogens is 3. The van der Waals surface area contributed by atoms with E-state index in [-0.39, 0.29) is 25.8 Å². The van der Waals surface area contributed by atoms with Crippen molar-refractivity contribution >= 4 is 11.8 Å². The van der Waals surface area contributed by atoms with Gasteiger partial charge in [0.1, 0.15) is 11.1 Å². The second-order valence-electron chi connectivity index (χ2n) is 5.41. The molecule has 1 aliphatic heterocycles. The molecule has 7 heteroatoms. The molecule has 0 radical (unpaired) electrons. The first kappa shape index (κ1) is 13.2. The number of nitrogens with zero attached hydrogens (tertiary/aromatic N) is 1. The molecule has 2 amide bonds. The van der Waals surface area contributed by atoms with E-state index >= 15 is 0 Å². The quantitative estimate of drug-likeness (QED) is 0.774. The van der Waals surface area contributed by atoms with E-state index in [0.29, 0.717) is 0 Å². The molecule has 0 aromatic rings. The van der Waals surface area contributed by atoms with E-state index in [9.17, 15) is 22.8 Å². The van der Waals surface area contributed by atoms with Crippen molar-refractivity contribution in [3.63, 3.8) is 0 Å². The van der Waals surface area contributed by atoms with Crippen LogP contribution in [-0.4, -0.2) is 40.5 Å². The first-order valence-electron chi connectivity index (χ1n) is 5.80. The highest BCUT2D eigenvalue weighted by Gasteiger charge is 2.69. The second kappa shape index (κ2) is 3.61. The van der Waals surface area contributed by atoms with Crippen LogP contribution >= 0.6 is 0 Å². The number of carbonyl (C=O) groups excluding carboxylic acids is 2. The number of alkyl halides is 3. The van der Waals surface area contributed by atoms with Crippen molar-refractivity contribution in [2.24, 2.45) is 0 Å². The lowest BCUT2D eigenvalue weighted by atomic mass is 10.0. The molecule has 2 aliphatic rings. The zero-order chi connectivity index (χ0) is 13.8. The Morgan fingerprint density at radius 2 is 1.78 bits per heavy atom. The Hall–Kier alpha value is -1.27. The van der Waals surface area contributed by atoms with Crippen LogP contribution in [0.5, 0.6) is 0 Å². The van der Waals surface area contributed by atoms with Crippen LogP contribution in [0.4, 0.5) is 13.2 Å². The summed E-state index contributed by atoms with van der Waals surface area (Å²) >= 11 is 0. The molecule has 2 fully saturated rings. The minimum atomic E-state index is -4.44. The number of hydrogen-bond donors (Lipinski definition) is 1. The molecule has 0 atom stereocenters. The van der Waals surface area contributed by atoms with E-state index in [1.54, 1.807) is 0 Å². The molecule has 1 saturated carbocycles. The third kappa shape index (κ3) is 1.85. The first-order chi connectivity index (χ1) is 8.10. The van der Waals surface area contributed by atoms with Crippen molar-refractivity contribution in [1.29, 1.82) is 0 Å². The van der Waals surface area contributed by atoms with Gasteiger partial charge in [0.05, 0.1) is 0 Å². The van der Waals surface area contributed by atoms with E-state index in [2.05, 4.69) is 5.32 Å². The maximum Gasteiger partial charge on any atom is 0.411 e. The lowest BCUT2D eigenvalue weighted by Gasteiger charge is -2.36. The first-order valence-corrected chi connectivity index (χ1v) is 5.80. The fourth-order valence-electron chi connectivity index (χ4n) is 2.35. The Morgan fingerprint density at radius 1 is 1.22 bits per heavy atom. The van der Waals surface area contributed by atoms with Crippen molar-refractivity contribution in [2.75, 3.05) is 6.54 Å².